The molecule has 1 aliphatic rings. The van der Waals surface area contributed by atoms with Crippen LogP contribution in [-0.2, 0) is 12.6 Å². The van der Waals surface area contributed by atoms with Gasteiger partial charge in [0.2, 0.25) is 5.56 Å². The van der Waals surface area contributed by atoms with Crippen molar-refractivity contribution in [1.29, 1.82) is 0 Å². The third-order valence-electron chi connectivity index (χ3n) is 4.64. The summed E-state index contributed by atoms with van der Waals surface area (Å²) in [7, 11) is 0. The minimum atomic E-state index is -4.81. The van der Waals surface area contributed by atoms with Crippen LogP contribution in [0.5, 0.6) is 17.2 Å². The molecule has 2 aromatic carbocycles. The molecular formula is C21H13ClF4N2O4. The van der Waals surface area contributed by atoms with Gasteiger partial charge >= 0.3 is 6.18 Å². The van der Waals surface area contributed by atoms with E-state index >= 15 is 0 Å². The van der Waals surface area contributed by atoms with Crippen molar-refractivity contribution in [3.8, 4) is 17.2 Å². The molecule has 0 spiro atoms. The summed E-state index contributed by atoms with van der Waals surface area (Å²) >= 11 is 5.80. The number of carbonyl (C=O) groups excluding carboxylic acids is 1. The number of hydrogen-bond donors (Lipinski definition) is 2. The van der Waals surface area contributed by atoms with Gasteiger partial charge in [-0.1, -0.05) is 11.6 Å². The smallest absolute Gasteiger partial charge is 0.417 e. The Morgan fingerprint density at radius 2 is 1.94 bits per heavy atom. The Hall–Kier alpha value is -3.53. The molecule has 0 radical (unpaired) electrons. The number of aromatic amines is 1. The molecule has 6 nitrogen and oxygen atoms in total. The molecule has 0 aliphatic carbocycles. The average molecular weight is 469 g/mol. The zero-order valence-electron chi connectivity index (χ0n) is 16.0. The Kier molecular flexibility index (Phi) is 5.55. The second-order valence-corrected chi connectivity index (χ2v) is 7.18. The predicted molar refractivity (Wildman–Crippen MR) is 107 cm³/mol. The normalized spacial score (nSPS) is 12.8. The zero-order chi connectivity index (χ0) is 23.0. The predicted octanol–water partition coefficient (Wildman–Crippen LogP) is 5.17. The molecule has 0 fully saturated rings. The number of pyridine rings is 1. The van der Waals surface area contributed by atoms with Gasteiger partial charge in [-0.05, 0) is 30.3 Å². The number of benzene rings is 2. The molecule has 2 heterocycles. The van der Waals surface area contributed by atoms with Crippen LogP contribution in [-0.4, -0.2) is 17.5 Å². The summed E-state index contributed by atoms with van der Waals surface area (Å²) in [5.41, 5.74) is -1.59. The van der Waals surface area contributed by atoms with Crippen molar-refractivity contribution in [2.45, 2.75) is 12.6 Å². The molecule has 1 aromatic heterocycles. The lowest BCUT2D eigenvalue weighted by atomic mass is 10.1. The van der Waals surface area contributed by atoms with Crippen molar-refractivity contribution in [3.05, 3.63) is 80.5 Å². The highest BCUT2D eigenvalue weighted by atomic mass is 35.5. The number of carbonyl (C=O) groups is 1. The standard InChI is InChI=1S/C21H13ClF4N2O4/c22-14-8-12(20(30)28-10-3-5-27-18(29)7-10)17(9-13(14)21(24,25)26)32-16-2-1-15(23)19-11(16)4-6-31-19/h1-3,5,7-9H,4,6H2,(H2,27,28,29,30). The fourth-order valence-electron chi connectivity index (χ4n) is 3.20. The van der Waals surface area contributed by atoms with E-state index in [4.69, 9.17) is 21.1 Å². The van der Waals surface area contributed by atoms with Crippen LogP contribution in [0.4, 0.5) is 23.2 Å². The SMILES string of the molecule is O=C(Nc1cc[nH]c(=O)c1)c1cc(Cl)c(C(F)(F)F)cc1Oc1ccc(F)c2c1CCO2. The van der Waals surface area contributed by atoms with E-state index in [0.29, 0.717) is 11.6 Å². The molecule has 0 saturated carbocycles. The monoisotopic (exact) mass is 468 g/mol. The molecule has 11 heteroatoms. The number of ether oxygens (including phenoxy) is 2. The average Bonchev–Trinajstić information content (AvgIpc) is 3.21. The van der Waals surface area contributed by atoms with Crippen LogP contribution < -0.4 is 20.3 Å². The third-order valence-corrected chi connectivity index (χ3v) is 4.95. The van der Waals surface area contributed by atoms with Crippen LogP contribution in [0.25, 0.3) is 0 Å². The van der Waals surface area contributed by atoms with Crippen LogP contribution >= 0.6 is 11.6 Å². The first-order valence-corrected chi connectivity index (χ1v) is 9.54. The number of halogens is 5. The van der Waals surface area contributed by atoms with Crippen LogP contribution in [0, 0.1) is 5.82 Å². The van der Waals surface area contributed by atoms with E-state index in [-0.39, 0.29) is 35.8 Å². The maximum atomic E-state index is 13.9. The Labute approximate surface area is 182 Å². The molecule has 0 atom stereocenters. The van der Waals surface area contributed by atoms with Crippen LogP contribution in [0.1, 0.15) is 21.5 Å². The number of anilines is 1. The molecule has 1 amide bonds. The highest BCUT2D eigenvalue weighted by molar-refractivity contribution is 6.32. The number of amides is 1. The van der Waals surface area contributed by atoms with Gasteiger partial charge in [0.05, 0.1) is 22.8 Å². The minimum Gasteiger partial charge on any atom is -0.490 e. The first-order chi connectivity index (χ1) is 15.1. The Balaban J connectivity index is 1.78. The van der Waals surface area contributed by atoms with E-state index in [9.17, 15) is 27.2 Å². The van der Waals surface area contributed by atoms with Crippen LogP contribution in [0.3, 0.4) is 0 Å². The highest BCUT2D eigenvalue weighted by Crippen LogP contribution is 2.42. The van der Waals surface area contributed by atoms with E-state index in [2.05, 4.69) is 10.3 Å². The van der Waals surface area contributed by atoms with Crippen LogP contribution in [0.2, 0.25) is 5.02 Å². The number of fused-ring (bicyclic) bond motifs is 1. The number of rotatable bonds is 4. The van der Waals surface area contributed by atoms with E-state index in [1.807, 2.05) is 0 Å². The van der Waals surface area contributed by atoms with Gasteiger partial charge in [0.25, 0.3) is 5.91 Å². The van der Waals surface area contributed by atoms with Gasteiger partial charge in [0.15, 0.2) is 11.6 Å². The zero-order valence-corrected chi connectivity index (χ0v) is 16.7. The molecular weight excluding hydrogens is 456 g/mol. The van der Waals surface area contributed by atoms with Crippen LogP contribution in [0.15, 0.2) is 47.4 Å². The summed E-state index contributed by atoms with van der Waals surface area (Å²) in [6.45, 7) is 0.178. The van der Waals surface area contributed by atoms with Gasteiger partial charge < -0.3 is 19.8 Å². The lowest BCUT2D eigenvalue weighted by Gasteiger charge is -2.17. The number of hydrogen-bond acceptors (Lipinski definition) is 4. The third kappa shape index (κ3) is 4.26. The summed E-state index contributed by atoms with van der Waals surface area (Å²) in [5, 5.41) is 1.69. The van der Waals surface area contributed by atoms with E-state index in [0.717, 1.165) is 18.2 Å². The fraction of sp³-hybridized carbons (Fsp3) is 0.143. The number of H-pyrrole nitrogens is 1. The molecule has 0 saturated heterocycles. The molecule has 0 unspecified atom stereocenters. The summed E-state index contributed by atoms with van der Waals surface area (Å²) in [5.74, 6) is -1.97. The quantitative estimate of drug-likeness (QED) is 0.518. The van der Waals surface area contributed by atoms with Crippen molar-refractivity contribution >= 4 is 23.2 Å². The lowest BCUT2D eigenvalue weighted by molar-refractivity contribution is -0.137. The maximum absolute atomic E-state index is 13.9. The van der Waals surface area contributed by atoms with E-state index < -0.39 is 39.8 Å². The molecule has 4 rings (SSSR count). The van der Waals surface area contributed by atoms with E-state index in [1.165, 1.54) is 18.3 Å². The molecule has 3 aromatic rings. The summed E-state index contributed by atoms with van der Waals surface area (Å²) in [6.07, 6.45) is -3.25. The lowest BCUT2D eigenvalue weighted by Crippen LogP contribution is -2.16. The number of nitrogens with one attached hydrogen (secondary N) is 2. The summed E-state index contributed by atoms with van der Waals surface area (Å²) in [4.78, 5) is 26.6. The van der Waals surface area contributed by atoms with Crippen molar-refractivity contribution in [1.82, 2.24) is 4.98 Å². The molecule has 1 aliphatic heterocycles. The summed E-state index contributed by atoms with van der Waals surface area (Å²) in [6, 6.07) is 6.19. The molecule has 32 heavy (non-hydrogen) atoms. The summed E-state index contributed by atoms with van der Waals surface area (Å²) < 4.78 is 65.0. The Morgan fingerprint density at radius 3 is 2.66 bits per heavy atom. The van der Waals surface area contributed by atoms with Gasteiger partial charge in [-0.3, -0.25) is 9.59 Å². The van der Waals surface area contributed by atoms with Crippen molar-refractivity contribution < 1.29 is 31.8 Å². The van der Waals surface area contributed by atoms with E-state index in [1.54, 1.807) is 0 Å². The first kappa shape index (κ1) is 21.7. The maximum Gasteiger partial charge on any atom is 0.417 e. The molecule has 2 N–H and O–H groups in total. The van der Waals surface area contributed by atoms with Gasteiger partial charge in [-0.25, -0.2) is 4.39 Å². The van der Waals surface area contributed by atoms with Gasteiger partial charge in [0, 0.05) is 29.9 Å². The highest BCUT2D eigenvalue weighted by Gasteiger charge is 2.35. The largest absolute Gasteiger partial charge is 0.490 e. The minimum absolute atomic E-state index is 0.0413. The topological polar surface area (TPSA) is 80.4 Å². The first-order valence-electron chi connectivity index (χ1n) is 9.16. The molecule has 166 valence electrons. The van der Waals surface area contributed by atoms with Crippen molar-refractivity contribution in [2.24, 2.45) is 0 Å². The number of alkyl halides is 3. The fourth-order valence-corrected chi connectivity index (χ4v) is 3.47. The second-order valence-electron chi connectivity index (χ2n) is 6.78. The van der Waals surface area contributed by atoms with Gasteiger partial charge in [-0.15, -0.1) is 0 Å². The van der Waals surface area contributed by atoms with Gasteiger partial charge in [-0.2, -0.15) is 13.2 Å². The Morgan fingerprint density at radius 1 is 1.16 bits per heavy atom. The van der Waals surface area contributed by atoms with Gasteiger partial charge in [0.1, 0.15) is 11.5 Å². The van der Waals surface area contributed by atoms with Crippen molar-refractivity contribution in [3.63, 3.8) is 0 Å². The Bertz CT molecular complexity index is 1270. The van der Waals surface area contributed by atoms with Crippen molar-refractivity contribution in [2.75, 3.05) is 11.9 Å². The second kappa shape index (κ2) is 8.19. The number of aromatic nitrogens is 1. The molecule has 0 bridgehead atoms.